The van der Waals surface area contributed by atoms with Crippen LogP contribution in [0, 0.1) is 11.8 Å². The fourth-order valence-corrected chi connectivity index (χ4v) is 2.59. The molecule has 1 N–H and O–H groups in total. The third-order valence-corrected chi connectivity index (χ3v) is 4.45. The van der Waals surface area contributed by atoms with E-state index in [4.69, 9.17) is 14.2 Å². The lowest BCUT2D eigenvalue weighted by Gasteiger charge is -2.26. The zero-order valence-electron chi connectivity index (χ0n) is 15.5. The van der Waals surface area contributed by atoms with Crippen molar-refractivity contribution in [2.45, 2.75) is 39.2 Å². The molecule has 0 aromatic heterocycles. The number of anilines is 1. The molecular weight excluding hydrogens is 322 g/mol. The summed E-state index contributed by atoms with van der Waals surface area (Å²) in [5, 5.41) is 2.84. The standard InChI is InChI=1S/C19H27NO5/c1-12(2)11-25-16-9-8-14(10-15(16)17(21)23-4)20-18(22)19(3,24-5)13-6-7-13/h8-10,12-13H,6-7,11H2,1-5H3,(H,20,22)/t19-/m0/s1. The first-order valence-corrected chi connectivity index (χ1v) is 8.53. The van der Waals surface area contributed by atoms with Crippen molar-refractivity contribution in [1.82, 2.24) is 0 Å². The minimum atomic E-state index is -0.863. The Bertz CT molecular complexity index is 639. The number of hydrogen-bond donors (Lipinski definition) is 1. The summed E-state index contributed by atoms with van der Waals surface area (Å²) in [6, 6.07) is 4.96. The molecule has 138 valence electrons. The number of esters is 1. The van der Waals surface area contributed by atoms with Gasteiger partial charge in [-0.1, -0.05) is 13.8 Å². The summed E-state index contributed by atoms with van der Waals surface area (Å²) in [5.41, 5.74) is -0.0733. The molecule has 0 saturated heterocycles. The molecule has 0 aliphatic heterocycles. The van der Waals surface area contributed by atoms with Crippen molar-refractivity contribution in [2.24, 2.45) is 11.8 Å². The molecule has 1 fully saturated rings. The lowest BCUT2D eigenvalue weighted by Crippen LogP contribution is -2.44. The Morgan fingerprint density at radius 3 is 2.48 bits per heavy atom. The van der Waals surface area contributed by atoms with E-state index in [1.165, 1.54) is 7.11 Å². The second kappa shape index (κ2) is 7.87. The van der Waals surface area contributed by atoms with Gasteiger partial charge < -0.3 is 19.5 Å². The van der Waals surface area contributed by atoms with E-state index in [2.05, 4.69) is 5.32 Å². The van der Waals surface area contributed by atoms with Gasteiger partial charge in [-0.2, -0.15) is 0 Å². The summed E-state index contributed by atoms with van der Waals surface area (Å²) >= 11 is 0. The molecule has 1 aromatic carbocycles. The quantitative estimate of drug-likeness (QED) is 0.729. The van der Waals surface area contributed by atoms with Crippen molar-refractivity contribution in [1.29, 1.82) is 0 Å². The van der Waals surface area contributed by atoms with Crippen LogP contribution in [-0.2, 0) is 14.3 Å². The lowest BCUT2D eigenvalue weighted by molar-refractivity contribution is -0.138. The topological polar surface area (TPSA) is 73.9 Å². The van der Waals surface area contributed by atoms with Gasteiger partial charge in [-0.3, -0.25) is 4.79 Å². The molecule has 1 amide bonds. The number of ether oxygens (including phenoxy) is 3. The van der Waals surface area contributed by atoms with Crippen LogP contribution < -0.4 is 10.1 Å². The zero-order chi connectivity index (χ0) is 18.6. The van der Waals surface area contributed by atoms with Gasteiger partial charge in [-0.15, -0.1) is 0 Å². The normalized spacial score (nSPS) is 16.2. The van der Waals surface area contributed by atoms with Gasteiger partial charge in [0, 0.05) is 12.8 Å². The maximum absolute atomic E-state index is 12.6. The summed E-state index contributed by atoms with van der Waals surface area (Å²) in [7, 11) is 2.86. The Morgan fingerprint density at radius 1 is 1.28 bits per heavy atom. The highest BCUT2D eigenvalue weighted by molar-refractivity contribution is 5.99. The molecule has 0 spiro atoms. The maximum atomic E-state index is 12.6. The number of rotatable bonds is 8. The lowest BCUT2D eigenvalue weighted by atomic mass is 9.99. The van der Waals surface area contributed by atoms with Crippen molar-refractivity contribution in [2.75, 3.05) is 26.1 Å². The maximum Gasteiger partial charge on any atom is 0.341 e. The first-order valence-electron chi connectivity index (χ1n) is 8.53. The van der Waals surface area contributed by atoms with Gasteiger partial charge in [0.25, 0.3) is 5.91 Å². The molecule has 1 aliphatic rings. The van der Waals surface area contributed by atoms with Crippen molar-refractivity contribution in [3.8, 4) is 5.75 Å². The van der Waals surface area contributed by atoms with Gasteiger partial charge in [-0.25, -0.2) is 4.79 Å². The molecule has 1 saturated carbocycles. The largest absolute Gasteiger partial charge is 0.492 e. The van der Waals surface area contributed by atoms with Crippen LogP contribution in [0.2, 0.25) is 0 Å². The highest BCUT2D eigenvalue weighted by atomic mass is 16.5. The second-order valence-electron chi connectivity index (χ2n) is 6.95. The Balaban J connectivity index is 2.21. The van der Waals surface area contributed by atoms with E-state index in [1.54, 1.807) is 32.2 Å². The average Bonchev–Trinajstić information content (AvgIpc) is 3.44. The van der Waals surface area contributed by atoms with Crippen LogP contribution >= 0.6 is 0 Å². The number of hydrogen-bond acceptors (Lipinski definition) is 5. The van der Waals surface area contributed by atoms with E-state index < -0.39 is 11.6 Å². The third-order valence-electron chi connectivity index (χ3n) is 4.45. The molecule has 25 heavy (non-hydrogen) atoms. The molecule has 6 heteroatoms. The van der Waals surface area contributed by atoms with E-state index >= 15 is 0 Å². The summed E-state index contributed by atoms with van der Waals surface area (Å²) < 4.78 is 16.0. The van der Waals surface area contributed by atoms with Gasteiger partial charge >= 0.3 is 5.97 Å². The van der Waals surface area contributed by atoms with Crippen molar-refractivity contribution in [3.63, 3.8) is 0 Å². The first kappa shape index (κ1) is 19.2. The number of carbonyl (C=O) groups excluding carboxylic acids is 2. The average molecular weight is 349 g/mol. The molecule has 1 aromatic rings. The fourth-order valence-electron chi connectivity index (χ4n) is 2.59. The number of carbonyl (C=O) groups is 2. The van der Waals surface area contributed by atoms with Crippen molar-refractivity contribution in [3.05, 3.63) is 23.8 Å². The SMILES string of the molecule is COC(=O)c1cc(NC(=O)[C@@](C)(OC)C2CC2)ccc1OCC(C)C. The smallest absolute Gasteiger partial charge is 0.341 e. The number of amides is 1. The van der Waals surface area contributed by atoms with E-state index in [0.717, 1.165) is 12.8 Å². The molecule has 0 radical (unpaired) electrons. The first-order chi connectivity index (χ1) is 11.8. The zero-order valence-corrected chi connectivity index (χ0v) is 15.5. The van der Waals surface area contributed by atoms with Gasteiger partial charge in [-0.05, 0) is 49.8 Å². The van der Waals surface area contributed by atoms with Crippen molar-refractivity contribution < 1.29 is 23.8 Å². The highest BCUT2D eigenvalue weighted by Gasteiger charge is 2.47. The molecule has 0 bridgehead atoms. The number of nitrogens with one attached hydrogen (secondary N) is 1. The summed E-state index contributed by atoms with van der Waals surface area (Å²) in [6.45, 7) is 6.33. The second-order valence-corrected chi connectivity index (χ2v) is 6.95. The van der Waals surface area contributed by atoms with Crippen LogP contribution in [-0.4, -0.2) is 38.3 Å². The predicted octanol–water partition coefficient (Wildman–Crippen LogP) is 3.26. The molecule has 1 aliphatic carbocycles. The summed E-state index contributed by atoms with van der Waals surface area (Å²) in [4.78, 5) is 24.7. The Hall–Kier alpha value is -2.08. The predicted molar refractivity (Wildman–Crippen MR) is 94.9 cm³/mol. The van der Waals surface area contributed by atoms with Gasteiger partial charge in [0.15, 0.2) is 0 Å². The fraction of sp³-hybridized carbons (Fsp3) is 0.579. The highest BCUT2D eigenvalue weighted by Crippen LogP contribution is 2.42. The molecule has 6 nitrogen and oxygen atoms in total. The molecule has 0 unspecified atom stereocenters. The van der Waals surface area contributed by atoms with E-state index in [-0.39, 0.29) is 17.4 Å². The van der Waals surface area contributed by atoms with Crippen LogP contribution in [0.5, 0.6) is 5.75 Å². The van der Waals surface area contributed by atoms with E-state index in [9.17, 15) is 9.59 Å². The Labute approximate surface area is 148 Å². The van der Waals surface area contributed by atoms with Crippen LogP contribution in [0.15, 0.2) is 18.2 Å². The summed E-state index contributed by atoms with van der Waals surface area (Å²) in [6.07, 6.45) is 1.96. The number of benzene rings is 1. The summed E-state index contributed by atoms with van der Waals surface area (Å²) in [5.74, 6) is 0.267. The minimum Gasteiger partial charge on any atom is -0.492 e. The van der Waals surface area contributed by atoms with Crippen LogP contribution in [0.25, 0.3) is 0 Å². The molecule has 2 rings (SSSR count). The molecule has 1 atom stereocenters. The number of methoxy groups -OCH3 is 2. The van der Waals surface area contributed by atoms with E-state index in [1.807, 2.05) is 13.8 Å². The van der Waals surface area contributed by atoms with Gasteiger partial charge in [0.05, 0.1) is 13.7 Å². The molecular formula is C19H27NO5. The van der Waals surface area contributed by atoms with Gasteiger partial charge in [0.1, 0.15) is 16.9 Å². The Morgan fingerprint density at radius 2 is 1.96 bits per heavy atom. The van der Waals surface area contributed by atoms with Crippen LogP contribution in [0.1, 0.15) is 44.0 Å². The van der Waals surface area contributed by atoms with Gasteiger partial charge in [0.2, 0.25) is 0 Å². The van der Waals surface area contributed by atoms with Crippen LogP contribution in [0.3, 0.4) is 0 Å². The third kappa shape index (κ3) is 4.51. The van der Waals surface area contributed by atoms with E-state index in [0.29, 0.717) is 24.0 Å². The Kier molecular flexibility index (Phi) is 6.06. The van der Waals surface area contributed by atoms with Crippen molar-refractivity contribution >= 4 is 17.6 Å². The van der Waals surface area contributed by atoms with Crippen LogP contribution in [0.4, 0.5) is 5.69 Å². The monoisotopic (exact) mass is 349 g/mol. The molecule has 0 heterocycles. The minimum absolute atomic E-state index is 0.218.